The number of hydrogen-bond donors (Lipinski definition) is 2. The molecular weight excluding hydrogens is 383 g/mol. The van der Waals surface area contributed by atoms with Crippen molar-refractivity contribution >= 4 is 16.0 Å². The first-order valence-corrected chi connectivity index (χ1v) is 11.4. The number of guanidine groups is 1. The SMILES string of the molecule is CCCS(=O)(=O)N1CCC(NC(=NC)NCc2ccc(OCC)c(F)c2)CC1. The average Bonchev–Trinajstić information content (AvgIpc) is 2.67. The minimum atomic E-state index is -3.14. The van der Waals surface area contributed by atoms with Crippen LogP contribution in [0.5, 0.6) is 5.75 Å². The number of nitrogens with zero attached hydrogens (tertiary/aromatic N) is 2. The van der Waals surface area contributed by atoms with Gasteiger partial charge < -0.3 is 15.4 Å². The summed E-state index contributed by atoms with van der Waals surface area (Å²) in [5.41, 5.74) is 0.782. The Kier molecular flexibility index (Phi) is 8.50. The third-order valence-corrected chi connectivity index (χ3v) is 6.71. The molecule has 2 N–H and O–H groups in total. The topological polar surface area (TPSA) is 83.0 Å². The zero-order valence-corrected chi connectivity index (χ0v) is 17.7. The molecule has 1 fully saturated rings. The smallest absolute Gasteiger partial charge is 0.214 e. The summed E-state index contributed by atoms with van der Waals surface area (Å²) >= 11 is 0. The Morgan fingerprint density at radius 3 is 2.61 bits per heavy atom. The molecule has 0 atom stereocenters. The molecule has 0 unspecified atom stereocenters. The third kappa shape index (κ3) is 6.34. The molecule has 28 heavy (non-hydrogen) atoms. The van der Waals surface area contributed by atoms with Gasteiger partial charge in [-0.25, -0.2) is 17.1 Å². The molecule has 1 aliphatic heterocycles. The van der Waals surface area contributed by atoms with Gasteiger partial charge in [0, 0.05) is 32.7 Å². The van der Waals surface area contributed by atoms with Crippen molar-refractivity contribution in [2.24, 2.45) is 4.99 Å². The molecule has 0 amide bonds. The van der Waals surface area contributed by atoms with Crippen LogP contribution in [0.2, 0.25) is 0 Å². The van der Waals surface area contributed by atoms with Gasteiger partial charge in [-0.2, -0.15) is 0 Å². The quantitative estimate of drug-likeness (QED) is 0.503. The van der Waals surface area contributed by atoms with Crippen molar-refractivity contribution in [2.45, 2.75) is 45.7 Å². The summed E-state index contributed by atoms with van der Waals surface area (Å²) in [5.74, 6) is 0.680. The second-order valence-electron chi connectivity index (χ2n) is 6.76. The standard InChI is InChI=1S/C19H31FN4O3S/c1-4-12-28(25,26)24-10-8-16(9-11-24)23-19(21-3)22-14-15-6-7-18(27-5-2)17(20)13-15/h6-7,13,16H,4-5,8-12,14H2,1-3H3,(H2,21,22,23). The van der Waals surface area contributed by atoms with Crippen molar-refractivity contribution in [3.05, 3.63) is 29.6 Å². The van der Waals surface area contributed by atoms with Crippen molar-refractivity contribution in [3.8, 4) is 5.75 Å². The van der Waals surface area contributed by atoms with Gasteiger partial charge in [0.1, 0.15) is 0 Å². The van der Waals surface area contributed by atoms with E-state index in [1.54, 1.807) is 17.4 Å². The molecule has 1 aromatic carbocycles. The van der Waals surface area contributed by atoms with Crippen LogP contribution in [-0.2, 0) is 16.6 Å². The third-order valence-electron chi connectivity index (χ3n) is 4.63. The van der Waals surface area contributed by atoms with Crippen LogP contribution in [0.25, 0.3) is 0 Å². The van der Waals surface area contributed by atoms with Crippen LogP contribution in [0.3, 0.4) is 0 Å². The fourth-order valence-electron chi connectivity index (χ4n) is 3.17. The maximum atomic E-state index is 14.0. The van der Waals surface area contributed by atoms with Crippen molar-refractivity contribution in [1.29, 1.82) is 0 Å². The Labute approximate surface area is 167 Å². The van der Waals surface area contributed by atoms with Gasteiger partial charge >= 0.3 is 0 Å². The highest BCUT2D eigenvalue weighted by Crippen LogP contribution is 2.18. The zero-order valence-electron chi connectivity index (χ0n) is 16.9. The van der Waals surface area contributed by atoms with Crippen LogP contribution in [0.1, 0.15) is 38.7 Å². The Bertz CT molecular complexity index is 762. The molecule has 1 heterocycles. The largest absolute Gasteiger partial charge is 0.491 e. The number of benzene rings is 1. The Balaban J connectivity index is 1.83. The number of aliphatic imine (C=N–C) groups is 1. The highest BCUT2D eigenvalue weighted by atomic mass is 32.2. The number of sulfonamides is 1. The van der Waals surface area contributed by atoms with Gasteiger partial charge in [0.05, 0.1) is 12.4 Å². The lowest BCUT2D eigenvalue weighted by Gasteiger charge is -2.32. The van der Waals surface area contributed by atoms with E-state index in [2.05, 4.69) is 15.6 Å². The molecule has 1 aliphatic rings. The number of piperidine rings is 1. The van der Waals surface area contributed by atoms with E-state index in [1.165, 1.54) is 6.07 Å². The molecule has 0 bridgehead atoms. The van der Waals surface area contributed by atoms with Crippen molar-refractivity contribution in [2.75, 3.05) is 32.5 Å². The highest BCUT2D eigenvalue weighted by molar-refractivity contribution is 7.89. The summed E-state index contributed by atoms with van der Waals surface area (Å²) in [6, 6.07) is 5.03. The summed E-state index contributed by atoms with van der Waals surface area (Å²) in [7, 11) is -1.46. The summed E-state index contributed by atoms with van der Waals surface area (Å²) < 4.78 is 45.0. The van der Waals surface area contributed by atoms with Crippen LogP contribution in [0.4, 0.5) is 4.39 Å². The van der Waals surface area contributed by atoms with Gasteiger partial charge in [-0.1, -0.05) is 13.0 Å². The van der Waals surface area contributed by atoms with Gasteiger partial charge in [0.2, 0.25) is 10.0 Å². The predicted octanol–water partition coefficient (Wildman–Crippen LogP) is 2.09. The Morgan fingerprint density at radius 1 is 1.32 bits per heavy atom. The van der Waals surface area contributed by atoms with Gasteiger partial charge in [0.15, 0.2) is 17.5 Å². The average molecular weight is 415 g/mol. The summed E-state index contributed by atoms with van der Waals surface area (Å²) in [6.07, 6.45) is 2.08. The molecule has 1 aromatic rings. The molecule has 158 valence electrons. The first kappa shape index (κ1) is 22.4. The van der Waals surface area contributed by atoms with Crippen molar-refractivity contribution in [1.82, 2.24) is 14.9 Å². The van der Waals surface area contributed by atoms with E-state index in [0.717, 1.165) is 18.4 Å². The fourth-order valence-corrected chi connectivity index (χ4v) is 4.71. The van der Waals surface area contributed by atoms with Crippen LogP contribution < -0.4 is 15.4 Å². The zero-order chi connectivity index (χ0) is 20.6. The minimum Gasteiger partial charge on any atom is -0.491 e. The van der Waals surface area contributed by atoms with Crippen molar-refractivity contribution in [3.63, 3.8) is 0 Å². The van der Waals surface area contributed by atoms with E-state index in [4.69, 9.17) is 4.74 Å². The lowest BCUT2D eigenvalue weighted by atomic mass is 10.1. The van der Waals surface area contributed by atoms with Gasteiger partial charge in [-0.3, -0.25) is 4.99 Å². The number of nitrogens with one attached hydrogen (secondary N) is 2. The lowest BCUT2D eigenvalue weighted by Crippen LogP contribution is -2.49. The van der Waals surface area contributed by atoms with Gasteiger partial charge in [0.25, 0.3) is 0 Å². The molecule has 7 nitrogen and oxygen atoms in total. The molecule has 0 saturated carbocycles. The number of halogens is 1. The van der Waals surface area contributed by atoms with E-state index in [9.17, 15) is 12.8 Å². The highest BCUT2D eigenvalue weighted by Gasteiger charge is 2.27. The normalized spacial score (nSPS) is 16.8. The summed E-state index contributed by atoms with van der Waals surface area (Å²) in [4.78, 5) is 4.21. The molecule has 0 radical (unpaired) electrons. The van der Waals surface area contributed by atoms with Crippen LogP contribution in [0, 0.1) is 5.82 Å². The first-order chi connectivity index (χ1) is 13.4. The molecule has 9 heteroatoms. The van der Waals surface area contributed by atoms with Crippen molar-refractivity contribution < 1.29 is 17.5 Å². The number of rotatable bonds is 8. The fraction of sp³-hybridized carbons (Fsp3) is 0.632. The van der Waals surface area contributed by atoms with E-state index >= 15 is 0 Å². The molecule has 0 spiro atoms. The second kappa shape index (κ2) is 10.6. The molecule has 0 aromatic heterocycles. The minimum absolute atomic E-state index is 0.149. The van der Waals surface area contributed by atoms with Gasteiger partial charge in [-0.15, -0.1) is 0 Å². The van der Waals surface area contributed by atoms with E-state index in [0.29, 0.717) is 38.6 Å². The number of hydrogen-bond acceptors (Lipinski definition) is 4. The summed E-state index contributed by atoms with van der Waals surface area (Å²) in [6.45, 7) is 5.56. The second-order valence-corrected chi connectivity index (χ2v) is 8.85. The first-order valence-electron chi connectivity index (χ1n) is 9.75. The maximum absolute atomic E-state index is 14.0. The predicted molar refractivity (Wildman–Crippen MR) is 110 cm³/mol. The monoisotopic (exact) mass is 414 g/mol. The Hall–Kier alpha value is -1.87. The molecule has 1 saturated heterocycles. The maximum Gasteiger partial charge on any atom is 0.214 e. The Morgan fingerprint density at radius 2 is 2.04 bits per heavy atom. The molecule has 2 rings (SSSR count). The van der Waals surface area contributed by atoms with Crippen LogP contribution in [-0.4, -0.2) is 57.2 Å². The number of ether oxygens (including phenoxy) is 1. The van der Waals surface area contributed by atoms with E-state index < -0.39 is 10.0 Å². The summed E-state index contributed by atoms with van der Waals surface area (Å²) in [5, 5.41) is 6.50. The van der Waals surface area contributed by atoms with Crippen LogP contribution in [0.15, 0.2) is 23.2 Å². The lowest BCUT2D eigenvalue weighted by molar-refractivity contribution is 0.306. The molecular formula is C19H31FN4O3S. The van der Waals surface area contributed by atoms with E-state index in [-0.39, 0.29) is 23.4 Å². The van der Waals surface area contributed by atoms with E-state index in [1.807, 2.05) is 19.9 Å². The molecule has 0 aliphatic carbocycles. The van der Waals surface area contributed by atoms with Gasteiger partial charge in [-0.05, 0) is 43.9 Å². The van der Waals surface area contributed by atoms with Crippen LogP contribution >= 0.6 is 0 Å².